The number of hydrogen-bond donors (Lipinski definition) is 2. The highest BCUT2D eigenvalue weighted by Crippen LogP contribution is 2.31. The van der Waals surface area contributed by atoms with Gasteiger partial charge in [0.25, 0.3) is 5.91 Å². The zero-order valence-electron chi connectivity index (χ0n) is 13.5. The number of thiophene rings is 1. The quantitative estimate of drug-likeness (QED) is 0.881. The third-order valence-electron chi connectivity index (χ3n) is 4.36. The molecular formula is C18H20N2O3S. The van der Waals surface area contributed by atoms with E-state index in [1.807, 2.05) is 11.4 Å². The molecular weight excluding hydrogens is 324 g/mol. The molecule has 126 valence electrons. The zero-order chi connectivity index (χ0) is 17.1. The molecule has 24 heavy (non-hydrogen) atoms. The van der Waals surface area contributed by atoms with E-state index < -0.39 is 5.97 Å². The molecule has 1 aliphatic rings. The van der Waals surface area contributed by atoms with Crippen molar-refractivity contribution in [3.63, 3.8) is 0 Å². The van der Waals surface area contributed by atoms with Crippen LogP contribution in [0.3, 0.4) is 0 Å². The number of carbonyl (C=O) groups is 2. The first kappa shape index (κ1) is 16.5. The first-order chi connectivity index (χ1) is 11.5. The highest BCUT2D eigenvalue weighted by molar-refractivity contribution is 7.12. The fraction of sp³-hybridized carbons (Fsp3) is 0.333. The zero-order valence-corrected chi connectivity index (χ0v) is 14.3. The lowest BCUT2D eigenvalue weighted by molar-refractivity contribution is 0.0696. The average molecular weight is 344 g/mol. The highest BCUT2D eigenvalue weighted by atomic mass is 32.1. The summed E-state index contributed by atoms with van der Waals surface area (Å²) in [7, 11) is 0. The van der Waals surface area contributed by atoms with Crippen LogP contribution in [0.15, 0.2) is 35.7 Å². The van der Waals surface area contributed by atoms with Gasteiger partial charge in [-0.1, -0.05) is 13.0 Å². The van der Waals surface area contributed by atoms with E-state index in [4.69, 9.17) is 0 Å². The Morgan fingerprint density at radius 3 is 2.62 bits per heavy atom. The van der Waals surface area contributed by atoms with Gasteiger partial charge in [-0.25, -0.2) is 4.79 Å². The highest BCUT2D eigenvalue weighted by Gasteiger charge is 2.21. The van der Waals surface area contributed by atoms with Gasteiger partial charge in [-0.2, -0.15) is 0 Å². The number of amides is 1. The van der Waals surface area contributed by atoms with Crippen LogP contribution in [0.1, 0.15) is 39.8 Å². The number of nitrogens with one attached hydrogen (secondary N) is 1. The summed E-state index contributed by atoms with van der Waals surface area (Å²) in [6.45, 7) is 4.06. The first-order valence-corrected chi connectivity index (χ1v) is 8.89. The van der Waals surface area contributed by atoms with Crippen molar-refractivity contribution in [2.45, 2.75) is 19.8 Å². The molecule has 3 rings (SSSR count). The molecule has 1 fully saturated rings. The van der Waals surface area contributed by atoms with Gasteiger partial charge in [0.05, 0.1) is 21.8 Å². The number of carboxylic acids is 1. The Hall–Kier alpha value is -2.34. The summed E-state index contributed by atoms with van der Waals surface area (Å²) in [4.78, 5) is 26.5. The molecule has 1 aliphatic heterocycles. The first-order valence-electron chi connectivity index (χ1n) is 8.01. The molecule has 1 aromatic carbocycles. The largest absolute Gasteiger partial charge is 0.478 e. The van der Waals surface area contributed by atoms with Gasteiger partial charge in [0.15, 0.2) is 0 Å². The van der Waals surface area contributed by atoms with Gasteiger partial charge in [-0.05, 0) is 48.4 Å². The molecule has 1 saturated heterocycles. The molecule has 2 aromatic rings. The van der Waals surface area contributed by atoms with Gasteiger partial charge < -0.3 is 15.3 Å². The molecule has 0 spiro atoms. The smallest absolute Gasteiger partial charge is 0.335 e. The predicted octanol–water partition coefficient (Wildman–Crippen LogP) is 3.93. The number of carbonyl (C=O) groups excluding carboxylic acids is 1. The fourth-order valence-electron chi connectivity index (χ4n) is 2.89. The molecule has 0 unspecified atom stereocenters. The van der Waals surface area contributed by atoms with Crippen molar-refractivity contribution in [3.8, 4) is 0 Å². The Labute approximate surface area is 144 Å². The summed E-state index contributed by atoms with van der Waals surface area (Å²) < 4.78 is 0. The van der Waals surface area contributed by atoms with Crippen LogP contribution >= 0.6 is 11.3 Å². The lowest BCUT2D eigenvalue weighted by atomic mass is 9.98. The molecule has 0 aliphatic carbocycles. The van der Waals surface area contributed by atoms with E-state index in [2.05, 4.69) is 17.1 Å². The third kappa shape index (κ3) is 3.59. The van der Waals surface area contributed by atoms with E-state index in [0.29, 0.717) is 16.5 Å². The van der Waals surface area contributed by atoms with E-state index in [0.717, 1.165) is 31.6 Å². The van der Waals surface area contributed by atoms with Crippen molar-refractivity contribution in [1.29, 1.82) is 0 Å². The molecule has 0 radical (unpaired) electrons. The number of benzene rings is 1. The van der Waals surface area contributed by atoms with Crippen molar-refractivity contribution < 1.29 is 14.7 Å². The van der Waals surface area contributed by atoms with Crippen molar-refractivity contribution in [3.05, 3.63) is 46.2 Å². The summed E-state index contributed by atoms with van der Waals surface area (Å²) in [5, 5.41) is 14.0. The lowest BCUT2D eigenvalue weighted by Gasteiger charge is -2.33. The molecule has 2 heterocycles. The second-order valence-electron chi connectivity index (χ2n) is 6.14. The minimum atomic E-state index is -1.000. The van der Waals surface area contributed by atoms with Crippen LogP contribution in [0.2, 0.25) is 0 Å². The maximum absolute atomic E-state index is 12.4. The number of nitrogens with zero attached hydrogens (tertiary/aromatic N) is 1. The fourth-order valence-corrected chi connectivity index (χ4v) is 3.51. The topological polar surface area (TPSA) is 69.6 Å². The van der Waals surface area contributed by atoms with E-state index in [9.17, 15) is 14.7 Å². The van der Waals surface area contributed by atoms with Gasteiger partial charge in [-0.3, -0.25) is 4.79 Å². The molecule has 0 saturated carbocycles. The predicted molar refractivity (Wildman–Crippen MR) is 96.3 cm³/mol. The number of piperidine rings is 1. The van der Waals surface area contributed by atoms with E-state index in [1.54, 1.807) is 24.3 Å². The van der Waals surface area contributed by atoms with Crippen LogP contribution in [0, 0.1) is 5.92 Å². The van der Waals surface area contributed by atoms with E-state index in [1.165, 1.54) is 11.3 Å². The van der Waals surface area contributed by atoms with E-state index >= 15 is 0 Å². The maximum atomic E-state index is 12.4. The van der Waals surface area contributed by atoms with Crippen molar-refractivity contribution in [1.82, 2.24) is 0 Å². The normalized spacial score (nSPS) is 15.3. The van der Waals surface area contributed by atoms with Crippen LogP contribution < -0.4 is 10.2 Å². The second kappa shape index (κ2) is 7.05. The van der Waals surface area contributed by atoms with Crippen LogP contribution in [-0.2, 0) is 0 Å². The molecule has 0 bridgehead atoms. The second-order valence-corrected chi connectivity index (χ2v) is 7.09. The molecule has 5 nitrogen and oxygen atoms in total. The number of carboxylic acid groups (broad SMARTS) is 1. The van der Waals surface area contributed by atoms with Crippen LogP contribution in [0.5, 0.6) is 0 Å². The van der Waals surface area contributed by atoms with Gasteiger partial charge in [-0.15, -0.1) is 11.3 Å². The lowest BCUT2D eigenvalue weighted by Crippen LogP contribution is -2.33. The Bertz CT molecular complexity index is 735. The van der Waals surface area contributed by atoms with Gasteiger partial charge in [0, 0.05) is 13.1 Å². The Morgan fingerprint density at radius 1 is 1.25 bits per heavy atom. The summed E-state index contributed by atoms with van der Waals surface area (Å²) in [6.07, 6.45) is 2.19. The van der Waals surface area contributed by atoms with Crippen LogP contribution in [0.4, 0.5) is 11.4 Å². The van der Waals surface area contributed by atoms with Crippen molar-refractivity contribution in [2.24, 2.45) is 5.92 Å². The summed E-state index contributed by atoms with van der Waals surface area (Å²) in [5.41, 5.74) is 1.62. The monoisotopic (exact) mass is 344 g/mol. The Balaban J connectivity index is 1.90. The van der Waals surface area contributed by atoms with Crippen molar-refractivity contribution >= 4 is 34.6 Å². The number of hydrogen-bond acceptors (Lipinski definition) is 4. The molecule has 1 amide bonds. The van der Waals surface area contributed by atoms with Gasteiger partial charge in [0.2, 0.25) is 0 Å². The molecule has 1 aromatic heterocycles. The minimum absolute atomic E-state index is 0.172. The van der Waals surface area contributed by atoms with Crippen molar-refractivity contribution in [2.75, 3.05) is 23.3 Å². The Morgan fingerprint density at radius 2 is 2.00 bits per heavy atom. The molecule has 6 heteroatoms. The number of rotatable bonds is 4. The summed E-state index contributed by atoms with van der Waals surface area (Å²) in [5.74, 6) is -0.511. The Kier molecular flexibility index (Phi) is 4.85. The van der Waals surface area contributed by atoms with Crippen LogP contribution in [-0.4, -0.2) is 30.1 Å². The molecule has 0 atom stereocenters. The maximum Gasteiger partial charge on any atom is 0.335 e. The van der Waals surface area contributed by atoms with Crippen LogP contribution in [0.25, 0.3) is 0 Å². The van der Waals surface area contributed by atoms with Gasteiger partial charge >= 0.3 is 5.97 Å². The molecule has 2 N–H and O–H groups in total. The van der Waals surface area contributed by atoms with Gasteiger partial charge in [0.1, 0.15) is 0 Å². The third-order valence-corrected chi connectivity index (χ3v) is 5.23. The number of aromatic carboxylic acids is 1. The average Bonchev–Trinajstić information content (AvgIpc) is 3.10. The summed E-state index contributed by atoms with van der Waals surface area (Å²) >= 11 is 1.36. The minimum Gasteiger partial charge on any atom is -0.478 e. The number of anilines is 2. The SMILES string of the molecule is CC1CCN(c2ccc(C(=O)O)cc2NC(=O)c2cccs2)CC1. The summed E-state index contributed by atoms with van der Waals surface area (Å²) in [6, 6.07) is 8.50. The standard InChI is InChI=1S/C18H20N2O3S/c1-12-6-8-20(9-7-12)15-5-4-13(18(22)23)11-14(15)19-17(21)16-3-2-10-24-16/h2-5,10-12H,6-9H2,1H3,(H,19,21)(H,22,23). The van der Waals surface area contributed by atoms with E-state index in [-0.39, 0.29) is 11.5 Å².